The van der Waals surface area contributed by atoms with E-state index in [0.29, 0.717) is 5.13 Å². The van der Waals surface area contributed by atoms with Gasteiger partial charge in [-0.1, -0.05) is 29.5 Å². The number of carbonyl (C=O) groups excluding carboxylic acids is 1. The molecule has 5 heteroatoms. The highest BCUT2D eigenvalue weighted by Crippen LogP contribution is 2.30. The van der Waals surface area contributed by atoms with Crippen LogP contribution in [-0.2, 0) is 4.79 Å². The van der Waals surface area contributed by atoms with Crippen LogP contribution in [0.15, 0.2) is 42.5 Å². The number of hydrogen-bond donors (Lipinski definition) is 1. The van der Waals surface area contributed by atoms with Crippen molar-refractivity contribution in [3.8, 4) is 11.1 Å². The van der Waals surface area contributed by atoms with E-state index in [9.17, 15) is 9.18 Å². The van der Waals surface area contributed by atoms with Crippen molar-refractivity contribution in [2.75, 3.05) is 5.32 Å². The van der Waals surface area contributed by atoms with Crippen LogP contribution in [-0.4, -0.2) is 10.9 Å². The third-order valence-corrected chi connectivity index (χ3v) is 3.76. The summed E-state index contributed by atoms with van der Waals surface area (Å²) in [7, 11) is 0. The molecule has 0 bridgehead atoms. The Balaban J connectivity index is 2.04. The highest BCUT2D eigenvalue weighted by Gasteiger charge is 2.07. The van der Waals surface area contributed by atoms with E-state index in [4.69, 9.17) is 0 Å². The van der Waals surface area contributed by atoms with E-state index in [1.165, 1.54) is 30.4 Å². The summed E-state index contributed by atoms with van der Waals surface area (Å²) in [6, 6.07) is 12.2. The summed E-state index contributed by atoms with van der Waals surface area (Å²) in [5.41, 5.74) is 2.57. The average molecular weight is 286 g/mol. The molecule has 1 N–H and O–H groups in total. The molecule has 1 aromatic heterocycles. The standard InChI is InChI=1S/C15H11FN2OS/c1-9(19)17-15-18-13-6-5-11(8-14(13)20-15)10-3-2-4-12(16)7-10/h2-8H,1H3,(H,17,18,19). The minimum Gasteiger partial charge on any atom is -0.302 e. The van der Waals surface area contributed by atoms with E-state index in [0.717, 1.165) is 21.3 Å². The summed E-state index contributed by atoms with van der Waals surface area (Å²) >= 11 is 1.40. The Bertz CT molecular complexity index is 797. The number of amides is 1. The summed E-state index contributed by atoms with van der Waals surface area (Å²) < 4.78 is 14.2. The Morgan fingerprint density at radius 2 is 2.00 bits per heavy atom. The zero-order chi connectivity index (χ0) is 14.1. The van der Waals surface area contributed by atoms with Gasteiger partial charge in [0.15, 0.2) is 5.13 Å². The molecule has 0 aliphatic heterocycles. The lowest BCUT2D eigenvalue weighted by atomic mass is 10.1. The van der Waals surface area contributed by atoms with Crippen LogP contribution in [0, 0.1) is 5.82 Å². The van der Waals surface area contributed by atoms with E-state index in [-0.39, 0.29) is 11.7 Å². The number of halogens is 1. The number of benzene rings is 2. The molecule has 0 saturated carbocycles. The second-order valence-corrected chi connectivity index (χ2v) is 5.42. The van der Waals surface area contributed by atoms with Crippen molar-refractivity contribution in [3.05, 3.63) is 48.3 Å². The Morgan fingerprint density at radius 3 is 2.75 bits per heavy atom. The zero-order valence-electron chi connectivity index (χ0n) is 10.7. The van der Waals surface area contributed by atoms with Crippen molar-refractivity contribution in [2.24, 2.45) is 0 Å². The summed E-state index contributed by atoms with van der Waals surface area (Å²) in [6.07, 6.45) is 0. The van der Waals surface area contributed by atoms with Crippen LogP contribution in [0.5, 0.6) is 0 Å². The van der Waals surface area contributed by atoms with Crippen LogP contribution in [0.25, 0.3) is 21.3 Å². The van der Waals surface area contributed by atoms with Gasteiger partial charge >= 0.3 is 0 Å². The fourth-order valence-corrected chi connectivity index (χ4v) is 2.93. The van der Waals surface area contributed by atoms with Crippen LogP contribution in [0.1, 0.15) is 6.92 Å². The average Bonchev–Trinajstić information content (AvgIpc) is 2.78. The van der Waals surface area contributed by atoms with Gasteiger partial charge in [-0.25, -0.2) is 9.37 Å². The molecule has 0 radical (unpaired) electrons. The van der Waals surface area contributed by atoms with Crippen LogP contribution < -0.4 is 5.32 Å². The number of nitrogens with zero attached hydrogens (tertiary/aromatic N) is 1. The molecule has 2 aromatic carbocycles. The van der Waals surface area contributed by atoms with Crippen molar-refractivity contribution in [1.82, 2.24) is 4.98 Å². The van der Waals surface area contributed by atoms with E-state index in [1.54, 1.807) is 6.07 Å². The first-order chi connectivity index (χ1) is 9.61. The van der Waals surface area contributed by atoms with E-state index < -0.39 is 0 Å². The maximum Gasteiger partial charge on any atom is 0.223 e. The fraction of sp³-hybridized carbons (Fsp3) is 0.0667. The smallest absolute Gasteiger partial charge is 0.223 e. The molecule has 0 spiro atoms. The second-order valence-electron chi connectivity index (χ2n) is 4.39. The summed E-state index contributed by atoms with van der Waals surface area (Å²) in [5.74, 6) is -0.403. The van der Waals surface area contributed by atoms with Crippen molar-refractivity contribution in [3.63, 3.8) is 0 Å². The number of carbonyl (C=O) groups is 1. The third-order valence-electron chi connectivity index (χ3n) is 2.83. The van der Waals surface area contributed by atoms with Crippen molar-refractivity contribution in [2.45, 2.75) is 6.92 Å². The first-order valence-corrected chi connectivity index (χ1v) is 6.87. The first-order valence-electron chi connectivity index (χ1n) is 6.06. The lowest BCUT2D eigenvalue weighted by Gasteiger charge is -2.01. The Hall–Kier alpha value is -2.27. The number of aromatic nitrogens is 1. The molecule has 3 nitrogen and oxygen atoms in total. The monoisotopic (exact) mass is 286 g/mol. The molecule has 1 amide bonds. The normalized spacial score (nSPS) is 10.7. The van der Waals surface area contributed by atoms with Gasteiger partial charge in [-0.05, 0) is 35.4 Å². The van der Waals surface area contributed by atoms with Gasteiger partial charge in [0.2, 0.25) is 5.91 Å². The Morgan fingerprint density at radius 1 is 1.20 bits per heavy atom. The number of anilines is 1. The summed E-state index contributed by atoms with van der Waals surface area (Å²) in [5, 5.41) is 3.24. The maximum absolute atomic E-state index is 13.3. The van der Waals surface area contributed by atoms with Crippen molar-refractivity contribution >= 4 is 32.6 Å². The van der Waals surface area contributed by atoms with E-state index in [1.807, 2.05) is 24.3 Å². The molecule has 100 valence electrons. The van der Waals surface area contributed by atoms with Gasteiger partial charge in [0.25, 0.3) is 0 Å². The van der Waals surface area contributed by atoms with Gasteiger partial charge in [-0.3, -0.25) is 4.79 Å². The summed E-state index contributed by atoms with van der Waals surface area (Å²) in [4.78, 5) is 15.3. The molecule has 3 rings (SSSR count). The largest absolute Gasteiger partial charge is 0.302 e. The predicted molar refractivity (Wildman–Crippen MR) is 79.3 cm³/mol. The second kappa shape index (κ2) is 5.02. The van der Waals surface area contributed by atoms with Crippen LogP contribution in [0.4, 0.5) is 9.52 Å². The lowest BCUT2D eigenvalue weighted by Crippen LogP contribution is -2.04. The van der Waals surface area contributed by atoms with Crippen LogP contribution >= 0.6 is 11.3 Å². The highest BCUT2D eigenvalue weighted by molar-refractivity contribution is 7.22. The number of rotatable bonds is 2. The predicted octanol–water partition coefficient (Wildman–Crippen LogP) is 4.06. The number of fused-ring (bicyclic) bond motifs is 1. The van der Waals surface area contributed by atoms with Crippen molar-refractivity contribution in [1.29, 1.82) is 0 Å². The molecule has 0 unspecified atom stereocenters. The van der Waals surface area contributed by atoms with Gasteiger partial charge in [0.05, 0.1) is 10.2 Å². The van der Waals surface area contributed by atoms with Gasteiger partial charge in [-0.2, -0.15) is 0 Å². The minimum atomic E-state index is -0.258. The van der Waals surface area contributed by atoms with Gasteiger partial charge in [0, 0.05) is 6.92 Å². The first kappa shape index (κ1) is 12.7. The molecule has 0 saturated heterocycles. The van der Waals surface area contributed by atoms with Gasteiger partial charge < -0.3 is 5.32 Å². The SMILES string of the molecule is CC(=O)Nc1nc2ccc(-c3cccc(F)c3)cc2s1. The molecule has 1 heterocycles. The third kappa shape index (κ3) is 2.53. The molecule has 0 aliphatic rings. The number of hydrogen-bond acceptors (Lipinski definition) is 3. The quantitative estimate of drug-likeness (QED) is 0.772. The highest BCUT2D eigenvalue weighted by atomic mass is 32.1. The molecule has 3 aromatic rings. The van der Waals surface area contributed by atoms with Crippen LogP contribution in [0.3, 0.4) is 0 Å². The number of thiazole rings is 1. The molecule has 0 atom stereocenters. The fourth-order valence-electron chi connectivity index (χ4n) is 1.98. The Kier molecular flexibility index (Phi) is 3.20. The summed E-state index contributed by atoms with van der Waals surface area (Å²) in [6.45, 7) is 1.45. The van der Waals surface area contributed by atoms with Gasteiger partial charge in [-0.15, -0.1) is 0 Å². The Labute approximate surface area is 119 Å². The molecule has 20 heavy (non-hydrogen) atoms. The maximum atomic E-state index is 13.3. The molecular formula is C15H11FN2OS. The molecule has 0 aliphatic carbocycles. The number of nitrogens with one attached hydrogen (secondary N) is 1. The molecular weight excluding hydrogens is 275 g/mol. The lowest BCUT2D eigenvalue weighted by molar-refractivity contribution is -0.114. The van der Waals surface area contributed by atoms with Gasteiger partial charge in [0.1, 0.15) is 5.82 Å². The van der Waals surface area contributed by atoms with E-state index >= 15 is 0 Å². The minimum absolute atomic E-state index is 0.144. The topological polar surface area (TPSA) is 42.0 Å². The van der Waals surface area contributed by atoms with Crippen LogP contribution in [0.2, 0.25) is 0 Å². The molecule has 0 fully saturated rings. The zero-order valence-corrected chi connectivity index (χ0v) is 11.5. The van der Waals surface area contributed by atoms with Crippen molar-refractivity contribution < 1.29 is 9.18 Å². The van der Waals surface area contributed by atoms with E-state index in [2.05, 4.69) is 10.3 Å².